The largest absolute Gasteiger partial charge is 0.456 e. The molecule has 67 heavy (non-hydrogen) atoms. The molecule has 8 heteroatoms. The molecule has 0 aliphatic carbocycles. The molecule has 0 aliphatic heterocycles. The van der Waals surface area contributed by atoms with Crippen LogP contribution in [-0.4, -0.2) is 54.2 Å². The Morgan fingerprint density at radius 2 is 0.657 bits per heavy atom. The molecule has 0 amide bonds. The van der Waals surface area contributed by atoms with Gasteiger partial charge in [0.15, 0.2) is 24.6 Å². The number of esters is 3. The van der Waals surface area contributed by atoms with E-state index in [-0.39, 0.29) is 19.3 Å². The minimum absolute atomic E-state index is 0.102. The normalized spacial score (nSPS) is 13.5. The molecule has 0 aromatic rings. The third kappa shape index (κ3) is 44.7. The van der Waals surface area contributed by atoms with Gasteiger partial charge in [0.1, 0.15) is 0 Å². The Bertz CT molecular complexity index is 1330. The summed E-state index contributed by atoms with van der Waals surface area (Å²) in [5.74, 6) is -1.73. The fourth-order valence-corrected chi connectivity index (χ4v) is 7.63. The third-order valence-corrected chi connectivity index (χ3v) is 11.8. The van der Waals surface area contributed by atoms with Gasteiger partial charge in [-0.15, -0.1) is 0 Å². The molecule has 0 aromatic heterocycles. The molecule has 0 spiro atoms. The quantitative estimate of drug-likeness (QED) is 0.0211. The Balaban J connectivity index is 4.94. The van der Waals surface area contributed by atoms with E-state index in [0.717, 1.165) is 135 Å². The Hall–Kier alpha value is -3.52. The van der Waals surface area contributed by atoms with Crippen molar-refractivity contribution in [1.82, 2.24) is 0 Å². The second-order valence-corrected chi connectivity index (χ2v) is 18.2. The van der Waals surface area contributed by atoms with Crippen molar-refractivity contribution in [2.45, 2.75) is 270 Å². The lowest BCUT2D eigenvalue weighted by Gasteiger charge is -2.29. The van der Waals surface area contributed by atoms with Crippen LogP contribution in [0.3, 0.4) is 0 Å². The summed E-state index contributed by atoms with van der Waals surface area (Å²) in [5, 5.41) is 10.4. The number of ether oxygens (including phenoxy) is 3. The van der Waals surface area contributed by atoms with Gasteiger partial charge in [0.25, 0.3) is 0 Å². The zero-order valence-corrected chi connectivity index (χ0v) is 43.2. The lowest BCUT2D eigenvalue weighted by molar-refractivity contribution is -0.188. The molecule has 0 saturated carbocycles. The summed E-state index contributed by atoms with van der Waals surface area (Å²) in [5.41, 5.74) is 0. The predicted octanol–water partition coefficient (Wildman–Crippen LogP) is 16.4. The monoisotopic (exact) mass is 937 g/mol. The molecule has 0 aromatic carbocycles. The van der Waals surface area contributed by atoms with E-state index in [1.54, 1.807) is 0 Å². The SMILES string of the molecule is CCCCCC=CCC=CCCCCCCCC(=O)O[C@H]([C@H](C=O)OC(=O)CCCCCCCC=CCC=CCCCCC)[C@@H](CO)OC(=O)CCCCCCCC=CCC=CCCCCC. The molecular weight excluding hydrogens is 837 g/mol. The lowest BCUT2D eigenvalue weighted by Crippen LogP contribution is -2.48. The van der Waals surface area contributed by atoms with Gasteiger partial charge in [-0.25, -0.2) is 0 Å². The van der Waals surface area contributed by atoms with Crippen LogP contribution in [0.25, 0.3) is 0 Å². The first-order valence-corrected chi connectivity index (χ1v) is 27.5. The van der Waals surface area contributed by atoms with Crippen molar-refractivity contribution in [3.63, 3.8) is 0 Å². The van der Waals surface area contributed by atoms with E-state index in [1.807, 2.05) is 0 Å². The maximum absolute atomic E-state index is 13.1. The molecule has 0 heterocycles. The maximum atomic E-state index is 13.1. The van der Waals surface area contributed by atoms with Crippen LogP contribution in [0, 0.1) is 0 Å². The molecule has 3 atom stereocenters. The first kappa shape index (κ1) is 63.5. The van der Waals surface area contributed by atoms with Crippen LogP contribution >= 0.6 is 0 Å². The third-order valence-electron chi connectivity index (χ3n) is 11.8. The molecule has 0 unspecified atom stereocenters. The highest BCUT2D eigenvalue weighted by atomic mass is 16.6. The second-order valence-electron chi connectivity index (χ2n) is 18.2. The smallest absolute Gasteiger partial charge is 0.306 e. The Kier molecular flexibility index (Phi) is 49.1. The molecule has 0 rings (SSSR count). The number of aliphatic hydroxyl groups is 1. The summed E-state index contributed by atoms with van der Waals surface area (Å²) in [6.45, 7) is 5.97. The van der Waals surface area contributed by atoms with Gasteiger partial charge in [-0.3, -0.25) is 19.2 Å². The first-order valence-electron chi connectivity index (χ1n) is 27.5. The number of carbonyl (C=O) groups excluding carboxylic acids is 4. The van der Waals surface area contributed by atoms with E-state index >= 15 is 0 Å². The van der Waals surface area contributed by atoms with Crippen LogP contribution < -0.4 is 0 Å². The van der Waals surface area contributed by atoms with E-state index in [0.29, 0.717) is 25.5 Å². The van der Waals surface area contributed by atoms with Crippen LogP contribution in [-0.2, 0) is 33.4 Å². The standard InChI is InChI=1S/C59H100O8/c1-4-7-10-13-16-19-22-25-28-31-34-37-40-43-46-49-56(62)65-54(52-60)59(67-58(64)51-48-45-42-39-36-33-30-27-24-21-18-15-12-9-6-3)55(53-61)66-57(63)50-47-44-41-38-35-32-29-26-23-20-17-14-11-8-5-2/h16-21,25-30,52,54-55,59,61H,4-15,22-24,31-51,53H2,1-3H3/t54-,55+,59+/m0/s1. The topological polar surface area (TPSA) is 116 Å². The number of allylic oxidation sites excluding steroid dienone is 12. The molecule has 0 radical (unpaired) electrons. The van der Waals surface area contributed by atoms with E-state index in [1.165, 1.54) is 57.8 Å². The molecule has 8 nitrogen and oxygen atoms in total. The summed E-state index contributed by atoms with van der Waals surface area (Å²) in [4.78, 5) is 51.4. The van der Waals surface area contributed by atoms with Gasteiger partial charge >= 0.3 is 17.9 Å². The van der Waals surface area contributed by atoms with E-state index in [2.05, 4.69) is 93.7 Å². The molecule has 384 valence electrons. The molecule has 1 N–H and O–H groups in total. The average molecular weight is 937 g/mol. The van der Waals surface area contributed by atoms with Gasteiger partial charge in [0, 0.05) is 19.3 Å². The highest BCUT2D eigenvalue weighted by molar-refractivity contribution is 5.74. The van der Waals surface area contributed by atoms with Gasteiger partial charge in [-0.1, -0.05) is 190 Å². The van der Waals surface area contributed by atoms with Crippen molar-refractivity contribution in [1.29, 1.82) is 0 Å². The van der Waals surface area contributed by atoms with Gasteiger partial charge < -0.3 is 19.3 Å². The van der Waals surface area contributed by atoms with Gasteiger partial charge in [-0.05, 0) is 116 Å². The summed E-state index contributed by atoms with van der Waals surface area (Å²) in [6.07, 6.45) is 58.1. The number of aliphatic hydroxyl groups excluding tert-OH is 1. The van der Waals surface area contributed by atoms with Gasteiger partial charge in [0.05, 0.1) is 6.61 Å². The molecule has 0 aliphatic rings. The Morgan fingerprint density at radius 3 is 0.970 bits per heavy atom. The van der Waals surface area contributed by atoms with E-state index in [9.17, 15) is 24.3 Å². The van der Waals surface area contributed by atoms with E-state index < -0.39 is 42.8 Å². The van der Waals surface area contributed by atoms with Crippen LogP contribution in [0.1, 0.15) is 252 Å². The zero-order valence-electron chi connectivity index (χ0n) is 43.2. The number of rotatable bonds is 49. The minimum Gasteiger partial charge on any atom is -0.456 e. The van der Waals surface area contributed by atoms with Crippen LogP contribution in [0.4, 0.5) is 0 Å². The minimum atomic E-state index is -1.51. The number of carbonyl (C=O) groups is 4. The van der Waals surface area contributed by atoms with Gasteiger partial charge in [-0.2, -0.15) is 0 Å². The van der Waals surface area contributed by atoms with Crippen molar-refractivity contribution in [3.05, 3.63) is 72.9 Å². The summed E-state index contributed by atoms with van der Waals surface area (Å²) < 4.78 is 16.9. The maximum Gasteiger partial charge on any atom is 0.306 e. The van der Waals surface area contributed by atoms with Crippen molar-refractivity contribution < 1.29 is 38.5 Å². The highest BCUT2D eigenvalue weighted by Crippen LogP contribution is 2.18. The summed E-state index contributed by atoms with van der Waals surface area (Å²) in [6, 6.07) is 0. The average Bonchev–Trinajstić information content (AvgIpc) is 3.33. The second kappa shape index (κ2) is 51.9. The van der Waals surface area contributed by atoms with Crippen LogP contribution in [0.15, 0.2) is 72.9 Å². The Morgan fingerprint density at radius 1 is 0.373 bits per heavy atom. The highest BCUT2D eigenvalue weighted by Gasteiger charge is 2.38. The van der Waals surface area contributed by atoms with Crippen molar-refractivity contribution in [2.75, 3.05) is 6.61 Å². The first-order chi connectivity index (χ1) is 32.9. The van der Waals surface area contributed by atoms with E-state index in [4.69, 9.17) is 14.2 Å². The summed E-state index contributed by atoms with van der Waals surface area (Å²) in [7, 11) is 0. The fourth-order valence-electron chi connectivity index (χ4n) is 7.63. The van der Waals surface area contributed by atoms with Crippen molar-refractivity contribution >= 4 is 24.2 Å². The number of hydrogen-bond donors (Lipinski definition) is 1. The van der Waals surface area contributed by atoms with Gasteiger partial charge in [0.2, 0.25) is 0 Å². The zero-order chi connectivity index (χ0) is 48.9. The molecule has 0 saturated heterocycles. The fraction of sp³-hybridized carbons (Fsp3) is 0.729. The van der Waals surface area contributed by atoms with Crippen molar-refractivity contribution in [2.24, 2.45) is 0 Å². The summed E-state index contributed by atoms with van der Waals surface area (Å²) >= 11 is 0. The lowest BCUT2D eigenvalue weighted by atomic mass is 10.1. The number of hydrogen-bond acceptors (Lipinski definition) is 8. The molecule has 0 fully saturated rings. The molecular formula is C59H100O8. The number of aldehydes is 1. The van der Waals surface area contributed by atoms with Crippen LogP contribution in [0.2, 0.25) is 0 Å². The Labute approximate surface area is 411 Å². The van der Waals surface area contributed by atoms with Crippen LogP contribution in [0.5, 0.6) is 0 Å². The number of unbranched alkanes of at least 4 members (excludes halogenated alkanes) is 24. The van der Waals surface area contributed by atoms with Crippen molar-refractivity contribution in [3.8, 4) is 0 Å². The predicted molar refractivity (Wildman–Crippen MR) is 281 cm³/mol. The molecule has 0 bridgehead atoms.